The van der Waals surface area contributed by atoms with E-state index in [9.17, 15) is 9.59 Å². The lowest BCUT2D eigenvalue weighted by molar-refractivity contribution is -0.142. The van der Waals surface area contributed by atoms with Crippen molar-refractivity contribution in [2.75, 3.05) is 0 Å². The number of benzene rings is 1. The van der Waals surface area contributed by atoms with E-state index in [1.165, 1.54) is 13.8 Å². The molecule has 0 heterocycles. The fourth-order valence-corrected chi connectivity index (χ4v) is 1.00. The third-order valence-electron chi connectivity index (χ3n) is 1.63. The molecule has 4 heteroatoms. The molecule has 1 rings (SSSR count). The zero-order valence-electron chi connectivity index (χ0n) is 8.65. The molecule has 15 heavy (non-hydrogen) atoms. The number of esters is 2. The Labute approximate surface area is 87.8 Å². The van der Waals surface area contributed by atoms with Crippen molar-refractivity contribution in [3.63, 3.8) is 0 Å². The molecule has 0 unspecified atom stereocenters. The van der Waals surface area contributed by atoms with Gasteiger partial charge in [-0.15, -0.1) is 0 Å². The summed E-state index contributed by atoms with van der Waals surface area (Å²) >= 11 is 0. The van der Waals surface area contributed by atoms with Gasteiger partial charge in [0.15, 0.2) is 0 Å². The maximum atomic E-state index is 10.6. The van der Waals surface area contributed by atoms with E-state index in [1.807, 2.05) is 0 Å². The van der Waals surface area contributed by atoms with Crippen LogP contribution in [0.25, 0.3) is 0 Å². The third kappa shape index (κ3) is 4.26. The van der Waals surface area contributed by atoms with E-state index in [1.54, 1.807) is 24.3 Å². The molecule has 0 bridgehead atoms. The maximum Gasteiger partial charge on any atom is 0.308 e. The summed E-state index contributed by atoms with van der Waals surface area (Å²) in [7, 11) is 0. The van der Waals surface area contributed by atoms with Crippen molar-refractivity contribution in [1.82, 2.24) is 0 Å². The average Bonchev–Trinajstić information content (AvgIpc) is 2.16. The largest absolute Gasteiger partial charge is 0.461 e. The van der Waals surface area contributed by atoms with Gasteiger partial charge in [-0.1, -0.05) is 12.1 Å². The molecule has 4 nitrogen and oxygen atoms in total. The predicted molar refractivity (Wildman–Crippen MR) is 53.2 cm³/mol. The van der Waals surface area contributed by atoms with E-state index in [0.717, 1.165) is 5.56 Å². The van der Waals surface area contributed by atoms with Gasteiger partial charge in [-0.25, -0.2) is 0 Å². The number of rotatable bonds is 3. The van der Waals surface area contributed by atoms with Crippen LogP contribution >= 0.6 is 0 Å². The Morgan fingerprint density at radius 3 is 2.13 bits per heavy atom. The van der Waals surface area contributed by atoms with Crippen LogP contribution in [0.4, 0.5) is 0 Å². The molecular weight excluding hydrogens is 196 g/mol. The Morgan fingerprint density at radius 1 is 1.07 bits per heavy atom. The molecule has 0 aromatic heterocycles. The Balaban J connectivity index is 2.56. The highest BCUT2D eigenvalue weighted by Gasteiger charge is 1.99. The van der Waals surface area contributed by atoms with Gasteiger partial charge in [0.05, 0.1) is 0 Å². The van der Waals surface area contributed by atoms with E-state index in [2.05, 4.69) is 0 Å². The molecule has 0 N–H and O–H groups in total. The lowest BCUT2D eigenvalue weighted by Gasteiger charge is -2.04. The molecule has 0 fully saturated rings. The van der Waals surface area contributed by atoms with Gasteiger partial charge in [0, 0.05) is 13.8 Å². The minimum atomic E-state index is -0.359. The zero-order valence-corrected chi connectivity index (χ0v) is 8.65. The summed E-state index contributed by atoms with van der Waals surface area (Å²) in [5.41, 5.74) is 0.848. The highest BCUT2D eigenvalue weighted by Crippen LogP contribution is 2.12. The normalized spacial score (nSPS) is 9.47. The summed E-state index contributed by atoms with van der Waals surface area (Å²) in [6, 6.07) is 6.78. The van der Waals surface area contributed by atoms with Crippen LogP contribution in [0.2, 0.25) is 0 Å². The van der Waals surface area contributed by atoms with Crippen molar-refractivity contribution in [1.29, 1.82) is 0 Å². The lowest BCUT2D eigenvalue weighted by Crippen LogP contribution is -2.02. The molecule has 1 aromatic carbocycles. The van der Waals surface area contributed by atoms with Crippen molar-refractivity contribution in [2.24, 2.45) is 0 Å². The number of carbonyl (C=O) groups is 2. The maximum absolute atomic E-state index is 10.6. The van der Waals surface area contributed by atoms with Gasteiger partial charge in [-0.05, 0) is 17.7 Å². The van der Waals surface area contributed by atoms with E-state index >= 15 is 0 Å². The Morgan fingerprint density at radius 2 is 1.67 bits per heavy atom. The molecule has 80 valence electrons. The van der Waals surface area contributed by atoms with Gasteiger partial charge in [0.25, 0.3) is 0 Å². The highest BCUT2D eigenvalue weighted by atomic mass is 16.5. The number of ether oxygens (including phenoxy) is 2. The first kappa shape index (κ1) is 11.2. The number of hydrogen-bond donors (Lipinski definition) is 0. The summed E-state index contributed by atoms with van der Waals surface area (Å²) in [5.74, 6) is -0.198. The SMILES string of the molecule is CC(=O)OCc1ccc(OC(C)=O)cc1. The van der Waals surface area contributed by atoms with Gasteiger partial charge in [-0.3, -0.25) is 9.59 Å². The van der Waals surface area contributed by atoms with Crippen LogP contribution in [0.1, 0.15) is 19.4 Å². The monoisotopic (exact) mass is 208 g/mol. The van der Waals surface area contributed by atoms with Crippen LogP contribution in [0, 0.1) is 0 Å². The minimum absolute atomic E-state index is 0.232. The summed E-state index contributed by atoms with van der Waals surface area (Å²) in [6.45, 7) is 2.93. The van der Waals surface area contributed by atoms with Crippen molar-refractivity contribution in [3.05, 3.63) is 29.8 Å². The second-order valence-electron chi connectivity index (χ2n) is 3.02. The molecule has 0 spiro atoms. The molecule has 0 saturated heterocycles. The van der Waals surface area contributed by atoms with Gasteiger partial charge >= 0.3 is 11.9 Å². The van der Waals surface area contributed by atoms with Gasteiger partial charge < -0.3 is 9.47 Å². The standard InChI is InChI=1S/C11H12O4/c1-8(12)14-7-10-3-5-11(6-4-10)15-9(2)13/h3-6H,7H2,1-2H3. The fourth-order valence-electron chi connectivity index (χ4n) is 1.00. The van der Waals surface area contributed by atoms with Crippen molar-refractivity contribution in [3.8, 4) is 5.75 Å². The highest BCUT2D eigenvalue weighted by molar-refractivity contribution is 5.69. The first-order valence-corrected chi connectivity index (χ1v) is 4.48. The molecule has 0 aliphatic carbocycles. The molecule has 0 aliphatic heterocycles. The van der Waals surface area contributed by atoms with E-state index in [-0.39, 0.29) is 18.5 Å². The van der Waals surface area contributed by atoms with Gasteiger partial charge in [0.1, 0.15) is 12.4 Å². The molecule has 0 amide bonds. The first-order valence-electron chi connectivity index (χ1n) is 4.48. The molecule has 0 aliphatic rings. The Bertz CT molecular complexity index is 353. The van der Waals surface area contributed by atoms with Crippen molar-refractivity contribution < 1.29 is 19.1 Å². The van der Waals surface area contributed by atoms with Crippen LogP contribution in [0.15, 0.2) is 24.3 Å². The Hall–Kier alpha value is -1.84. The molecule has 1 aromatic rings. The average molecular weight is 208 g/mol. The van der Waals surface area contributed by atoms with E-state index in [4.69, 9.17) is 9.47 Å². The summed E-state index contributed by atoms with van der Waals surface area (Å²) in [5, 5.41) is 0. The number of hydrogen-bond acceptors (Lipinski definition) is 4. The second-order valence-corrected chi connectivity index (χ2v) is 3.02. The molecule has 0 saturated carbocycles. The summed E-state index contributed by atoms with van der Waals surface area (Å²) in [4.78, 5) is 21.2. The minimum Gasteiger partial charge on any atom is -0.461 e. The summed E-state index contributed by atoms with van der Waals surface area (Å²) < 4.78 is 9.65. The molecule has 0 atom stereocenters. The molecular formula is C11H12O4. The van der Waals surface area contributed by atoms with Gasteiger partial charge in [-0.2, -0.15) is 0 Å². The smallest absolute Gasteiger partial charge is 0.308 e. The van der Waals surface area contributed by atoms with Crippen LogP contribution in [0.5, 0.6) is 5.75 Å². The third-order valence-corrected chi connectivity index (χ3v) is 1.63. The van der Waals surface area contributed by atoms with Gasteiger partial charge in [0.2, 0.25) is 0 Å². The summed E-state index contributed by atoms with van der Waals surface area (Å²) in [6.07, 6.45) is 0. The first-order chi connectivity index (χ1) is 7.08. The van der Waals surface area contributed by atoms with Crippen LogP contribution in [-0.2, 0) is 20.9 Å². The lowest BCUT2D eigenvalue weighted by atomic mass is 10.2. The van der Waals surface area contributed by atoms with E-state index < -0.39 is 0 Å². The second kappa shape index (κ2) is 5.14. The Kier molecular flexibility index (Phi) is 3.85. The van der Waals surface area contributed by atoms with Crippen LogP contribution < -0.4 is 4.74 Å². The van der Waals surface area contributed by atoms with Crippen molar-refractivity contribution >= 4 is 11.9 Å². The quantitative estimate of drug-likeness (QED) is 0.560. The fraction of sp³-hybridized carbons (Fsp3) is 0.273. The van der Waals surface area contributed by atoms with Crippen LogP contribution in [-0.4, -0.2) is 11.9 Å². The van der Waals surface area contributed by atoms with Crippen LogP contribution in [0.3, 0.4) is 0 Å². The zero-order chi connectivity index (χ0) is 11.3. The topological polar surface area (TPSA) is 52.6 Å². The van der Waals surface area contributed by atoms with E-state index in [0.29, 0.717) is 5.75 Å². The van der Waals surface area contributed by atoms with Crippen molar-refractivity contribution in [2.45, 2.75) is 20.5 Å². The molecule has 0 radical (unpaired) electrons. The number of carbonyl (C=O) groups excluding carboxylic acids is 2. The predicted octanol–water partition coefficient (Wildman–Crippen LogP) is 1.68.